The fraction of sp³-hybridized carbons (Fsp3) is 1.00. The van der Waals surface area contributed by atoms with E-state index in [1.165, 1.54) is 64.6 Å². The Labute approximate surface area is 112 Å². The van der Waals surface area contributed by atoms with Gasteiger partial charge in [-0.3, -0.25) is 4.90 Å². The second kappa shape index (κ2) is 5.48. The molecule has 3 rings (SSSR count). The number of fused-ring (bicyclic) bond motifs is 2. The molecule has 3 heterocycles. The van der Waals surface area contributed by atoms with Gasteiger partial charge < -0.3 is 10.6 Å². The number of hydrogen-bond acceptors (Lipinski definition) is 3. The van der Waals surface area contributed by atoms with Gasteiger partial charge in [0.15, 0.2) is 0 Å². The third kappa shape index (κ3) is 2.73. The van der Waals surface area contributed by atoms with E-state index in [4.69, 9.17) is 5.73 Å². The summed E-state index contributed by atoms with van der Waals surface area (Å²) in [6, 6.07) is 2.14. The number of piperidine rings is 2. The fourth-order valence-electron chi connectivity index (χ4n) is 4.36. The molecule has 3 aliphatic rings. The molecule has 3 nitrogen and oxygen atoms in total. The highest BCUT2D eigenvalue weighted by Gasteiger charge is 2.39. The van der Waals surface area contributed by atoms with Gasteiger partial charge in [0, 0.05) is 18.1 Å². The van der Waals surface area contributed by atoms with Gasteiger partial charge in [-0.2, -0.15) is 0 Å². The Hall–Kier alpha value is -0.120. The van der Waals surface area contributed by atoms with E-state index in [2.05, 4.69) is 16.8 Å². The molecule has 0 saturated carbocycles. The van der Waals surface area contributed by atoms with Crippen LogP contribution in [-0.4, -0.2) is 54.6 Å². The van der Waals surface area contributed by atoms with E-state index in [0.29, 0.717) is 6.04 Å². The molecule has 3 fully saturated rings. The zero-order chi connectivity index (χ0) is 12.5. The van der Waals surface area contributed by atoms with E-state index < -0.39 is 0 Å². The smallest absolute Gasteiger partial charge is 0.0113 e. The highest BCUT2D eigenvalue weighted by atomic mass is 15.2. The monoisotopic (exact) mass is 251 g/mol. The van der Waals surface area contributed by atoms with Crippen LogP contribution in [-0.2, 0) is 0 Å². The molecule has 2 atom stereocenters. The normalized spacial score (nSPS) is 39.3. The molecule has 0 spiro atoms. The van der Waals surface area contributed by atoms with E-state index in [1.807, 2.05) is 0 Å². The third-order valence-electron chi connectivity index (χ3n) is 5.55. The highest BCUT2D eigenvalue weighted by Crippen LogP contribution is 2.35. The Morgan fingerprint density at radius 2 is 1.61 bits per heavy atom. The molecular weight excluding hydrogens is 222 g/mol. The summed E-state index contributed by atoms with van der Waals surface area (Å²) in [5, 5.41) is 0. The van der Waals surface area contributed by atoms with Crippen molar-refractivity contribution in [2.24, 2.45) is 11.7 Å². The van der Waals surface area contributed by atoms with Gasteiger partial charge in [0.2, 0.25) is 0 Å². The van der Waals surface area contributed by atoms with E-state index in [0.717, 1.165) is 18.0 Å². The average Bonchev–Trinajstić information content (AvgIpc) is 2.60. The third-order valence-corrected chi connectivity index (χ3v) is 5.55. The maximum absolute atomic E-state index is 6.14. The maximum Gasteiger partial charge on any atom is 0.0113 e. The lowest BCUT2D eigenvalue weighted by Crippen LogP contribution is -2.48. The van der Waals surface area contributed by atoms with Gasteiger partial charge in [-0.1, -0.05) is 0 Å². The summed E-state index contributed by atoms with van der Waals surface area (Å²) in [6.45, 7) is 3.96. The molecule has 3 saturated heterocycles. The summed E-state index contributed by atoms with van der Waals surface area (Å²) in [4.78, 5) is 5.28. The van der Waals surface area contributed by atoms with Crippen molar-refractivity contribution >= 4 is 0 Å². The van der Waals surface area contributed by atoms with Crippen LogP contribution < -0.4 is 5.73 Å². The molecule has 0 aliphatic carbocycles. The molecule has 0 aromatic rings. The van der Waals surface area contributed by atoms with Crippen LogP contribution in [0.4, 0.5) is 0 Å². The molecule has 104 valence electrons. The molecule has 18 heavy (non-hydrogen) atoms. The van der Waals surface area contributed by atoms with Gasteiger partial charge in [0.25, 0.3) is 0 Å². The largest absolute Gasteiger partial charge is 0.328 e. The summed E-state index contributed by atoms with van der Waals surface area (Å²) in [5.74, 6) is 0.983. The summed E-state index contributed by atoms with van der Waals surface area (Å²) >= 11 is 0. The zero-order valence-electron chi connectivity index (χ0n) is 11.9. The Kier molecular flexibility index (Phi) is 3.92. The van der Waals surface area contributed by atoms with Crippen LogP contribution >= 0.6 is 0 Å². The summed E-state index contributed by atoms with van der Waals surface area (Å²) in [7, 11) is 2.25. The number of hydrogen-bond donors (Lipinski definition) is 1. The van der Waals surface area contributed by atoms with Crippen LogP contribution in [0.25, 0.3) is 0 Å². The van der Waals surface area contributed by atoms with Gasteiger partial charge >= 0.3 is 0 Å². The first-order valence-electron chi connectivity index (χ1n) is 7.92. The number of nitrogens with zero attached hydrogens (tertiary/aromatic N) is 2. The minimum atomic E-state index is 0.488. The molecule has 3 aliphatic heterocycles. The van der Waals surface area contributed by atoms with Gasteiger partial charge in [-0.05, 0) is 77.5 Å². The molecule has 0 aromatic carbocycles. The lowest BCUT2D eigenvalue weighted by Gasteiger charge is -2.39. The lowest BCUT2D eigenvalue weighted by atomic mass is 9.92. The van der Waals surface area contributed by atoms with Crippen molar-refractivity contribution in [3.05, 3.63) is 0 Å². The lowest BCUT2D eigenvalue weighted by molar-refractivity contribution is 0.110. The maximum atomic E-state index is 6.14. The summed E-state index contributed by atoms with van der Waals surface area (Å²) in [5.41, 5.74) is 6.14. The van der Waals surface area contributed by atoms with Crippen molar-refractivity contribution in [1.29, 1.82) is 0 Å². The molecule has 0 aromatic heterocycles. The van der Waals surface area contributed by atoms with E-state index in [-0.39, 0.29) is 0 Å². The second-order valence-electron chi connectivity index (χ2n) is 6.89. The number of rotatable bonds is 3. The van der Waals surface area contributed by atoms with Gasteiger partial charge in [-0.25, -0.2) is 0 Å². The fourth-order valence-corrected chi connectivity index (χ4v) is 4.36. The SMILES string of the molecule is CN1CCC(CCN2C3CCC2CC(N)C3)CC1. The molecule has 2 unspecified atom stereocenters. The van der Waals surface area contributed by atoms with E-state index in [1.54, 1.807) is 0 Å². The first-order valence-corrected chi connectivity index (χ1v) is 7.92. The minimum Gasteiger partial charge on any atom is -0.328 e. The number of nitrogens with two attached hydrogens (primary N) is 1. The number of likely N-dealkylation sites (tertiary alicyclic amines) is 1. The zero-order valence-corrected chi connectivity index (χ0v) is 11.9. The molecule has 0 amide bonds. The Balaban J connectivity index is 1.46. The Morgan fingerprint density at radius 3 is 2.22 bits per heavy atom. The van der Waals surface area contributed by atoms with Crippen LogP contribution in [0, 0.1) is 5.92 Å². The summed E-state index contributed by atoms with van der Waals surface area (Å²) < 4.78 is 0. The van der Waals surface area contributed by atoms with Crippen LogP contribution in [0.5, 0.6) is 0 Å². The van der Waals surface area contributed by atoms with Crippen molar-refractivity contribution in [2.45, 2.75) is 63.1 Å². The first kappa shape index (κ1) is 12.9. The predicted molar refractivity (Wildman–Crippen MR) is 75.6 cm³/mol. The van der Waals surface area contributed by atoms with Crippen LogP contribution in [0.1, 0.15) is 44.9 Å². The standard InChI is InChI=1S/C15H29N3/c1-17-7-4-12(5-8-17)6-9-18-14-2-3-15(18)11-13(16)10-14/h12-15H,2-11,16H2,1H3. The van der Waals surface area contributed by atoms with Gasteiger partial charge in [0.1, 0.15) is 0 Å². The molecule has 2 N–H and O–H groups in total. The van der Waals surface area contributed by atoms with Crippen molar-refractivity contribution in [2.75, 3.05) is 26.7 Å². The van der Waals surface area contributed by atoms with Crippen LogP contribution in [0.2, 0.25) is 0 Å². The van der Waals surface area contributed by atoms with E-state index >= 15 is 0 Å². The van der Waals surface area contributed by atoms with Gasteiger partial charge in [-0.15, -0.1) is 0 Å². The van der Waals surface area contributed by atoms with Crippen molar-refractivity contribution in [3.8, 4) is 0 Å². The molecular formula is C15H29N3. The Bertz CT molecular complexity index is 259. The first-order chi connectivity index (χ1) is 8.72. The van der Waals surface area contributed by atoms with Crippen LogP contribution in [0.3, 0.4) is 0 Å². The molecule has 0 radical (unpaired) electrons. The molecule has 3 heteroatoms. The van der Waals surface area contributed by atoms with Gasteiger partial charge in [0.05, 0.1) is 0 Å². The van der Waals surface area contributed by atoms with E-state index in [9.17, 15) is 0 Å². The van der Waals surface area contributed by atoms with Crippen molar-refractivity contribution in [1.82, 2.24) is 9.80 Å². The minimum absolute atomic E-state index is 0.488. The molecule has 2 bridgehead atoms. The predicted octanol–water partition coefficient (Wildman–Crippen LogP) is 1.67. The average molecular weight is 251 g/mol. The highest BCUT2D eigenvalue weighted by molar-refractivity contribution is 4.96. The second-order valence-corrected chi connectivity index (χ2v) is 6.89. The Morgan fingerprint density at radius 1 is 1.00 bits per heavy atom. The topological polar surface area (TPSA) is 32.5 Å². The van der Waals surface area contributed by atoms with Crippen LogP contribution in [0.15, 0.2) is 0 Å². The van der Waals surface area contributed by atoms with Crippen molar-refractivity contribution in [3.63, 3.8) is 0 Å². The summed E-state index contributed by atoms with van der Waals surface area (Å²) in [6.07, 6.45) is 9.58. The van der Waals surface area contributed by atoms with Crippen molar-refractivity contribution < 1.29 is 0 Å². The quantitative estimate of drug-likeness (QED) is 0.828.